The Morgan fingerprint density at radius 2 is 0.787 bits per heavy atom. The summed E-state index contributed by atoms with van der Waals surface area (Å²) < 4.78 is 8.67. The highest BCUT2D eigenvalue weighted by atomic mass is 16.3. The fraction of sp³-hybridized carbons (Fsp3) is 0. The first-order valence-corrected chi connectivity index (χ1v) is 20.8. The Bertz CT molecular complexity index is 3520. The molecule has 0 aliphatic heterocycles. The SMILES string of the molecule is c1ccc(-n2c3ccccc3c3ccccc32)c(-c2ccc(N(c3ccc(-c4ccc(-c5cccc6ccccc56)cc4)cc3)c3ccc4oc5ccccc5c4c3)cc2)c1. The molecule has 61 heavy (non-hydrogen) atoms. The molecule has 0 unspecified atom stereocenters. The van der Waals surface area contributed by atoms with E-state index in [2.05, 4.69) is 228 Å². The van der Waals surface area contributed by atoms with Crippen LogP contribution in [0.15, 0.2) is 235 Å². The third-order valence-electron chi connectivity index (χ3n) is 12.2. The van der Waals surface area contributed by atoms with E-state index in [9.17, 15) is 0 Å². The van der Waals surface area contributed by atoms with E-state index in [-0.39, 0.29) is 0 Å². The number of hydrogen-bond acceptors (Lipinski definition) is 2. The fourth-order valence-electron chi connectivity index (χ4n) is 9.31. The van der Waals surface area contributed by atoms with Crippen LogP contribution in [0.25, 0.3) is 93.6 Å². The highest BCUT2D eigenvalue weighted by Crippen LogP contribution is 2.42. The molecule has 0 bridgehead atoms. The van der Waals surface area contributed by atoms with E-state index in [1.807, 2.05) is 12.1 Å². The Kier molecular flexibility index (Phi) is 8.17. The van der Waals surface area contributed by atoms with E-state index in [1.54, 1.807) is 0 Å². The zero-order valence-corrected chi connectivity index (χ0v) is 33.2. The first-order chi connectivity index (χ1) is 30.2. The summed E-state index contributed by atoms with van der Waals surface area (Å²) in [5.41, 5.74) is 15.7. The molecule has 12 rings (SSSR count). The van der Waals surface area contributed by atoms with E-state index < -0.39 is 0 Å². The van der Waals surface area contributed by atoms with E-state index >= 15 is 0 Å². The van der Waals surface area contributed by atoms with Gasteiger partial charge >= 0.3 is 0 Å². The number of furan rings is 1. The molecule has 0 aliphatic rings. The van der Waals surface area contributed by atoms with Crippen LogP contribution in [0.5, 0.6) is 0 Å². The molecule has 0 N–H and O–H groups in total. The number of rotatable bonds is 7. The maximum absolute atomic E-state index is 6.26. The van der Waals surface area contributed by atoms with E-state index in [1.165, 1.54) is 60.4 Å². The first kappa shape index (κ1) is 34.9. The maximum atomic E-state index is 6.26. The molecule has 10 aromatic carbocycles. The second-order valence-corrected chi connectivity index (χ2v) is 15.7. The number of para-hydroxylation sites is 4. The van der Waals surface area contributed by atoms with Crippen LogP contribution in [-0.2, 0) is 0 Å². The largest absolute Gasteiger partial charge is 0.456 e. The fourth-order valence-corrected chi connectivity index (χ4v) is 9.31. The molecule has 0 saturated heterocycles. The van der Waals surface area contributed by atoms with Crippen molar-refractivity contribution in [3.63, 3.8) is 0 Å². The summed E-state index contributed by atoms with van der Waals surface area (Å²) in [6, 6.07) is 82.9. The molecule has 0 saturated carbocycles. The van der Waals surface area contributed by atoms with E-state index in [0.29, 0.717) is 0 Å². The van der Waals surface area contributed by atoms with Crippen LogP contribution in [0, 0.1) is 0 Å². The van der Waals surface area contributed by atoms with Gasteiger partial charge in [0.2, 0.25) is 0 Å². The number of benzene rings is 10. The first-order valence-electron chi connectivity index (χ1n) is 20.8. The molecule has 3 heteroatoms. The lowest BCUT2D eigenvalue weighted by Gasteiger charge is -2.26. The van der Waals surface area contributed by atoms with Gasteiger partial charge in [0.05, 0.1) is 16.7 Å². The quantitative estimate of drug-likeness (QED) is 0.161. The van der Waals surface area contributed by atoms with Gasteiger partial charge in [0.15, 0.2) is 0 Å². The minimum absolute atomic E-state index is 0.879. The van der Waals surface area contributed by atoms with Crippen molar-refractivity contribution in [1.82, 2.24) is 4.57 Å². The van der Waals surface area contributed by atoms with Crippen molar-refractivity contribution in [3.8, 4) is 39.1 Å². The van der Waals surface area contributed by atoms with Crippen molar-refractivity contribution < 1.29 is 4.42 Å². The summed E-state index contributed by atoms with van der Waals surface area (Å²) in [5, 5.41) is 7.24. The van der Waals surface area contributed by atoms with Crippen molar-refractivity contribution in [1.29, 1.82) is 0 Å². The van der Waals surface area contributed by atoms with E-state index in [4.69, 9.17) is 4.42 Å². The zero-order valence-electron chi connectivity index (χ0n) is 33.2. The summed E-state index contributed by atoms with van der Waals surface area (Å²) in [6.07, 6.45) is 0. The number of aromatic nitrogens is 1. The lowest BCUT2D eigenvalue weighted by Crippen LogP contribution is -2.09. The maximum Gasteiger partial charge on any atom is 0.135 e. The summed E-state index contributed by atoms with van der Waals surface area (Å²) in [5.74, 6) is 0. The molecule has 3 nitrogen and oxygen atoms in total. The molecule has 0 radical (unpaired) electrons. The standard InChI is InChI=1S/C58H38N2O/c1-2-14-47-41(12-1)13-11-19-48(47)42-26-24-39(25-27-42)40-28-32-44(33-29-40)59(46-36-37-58-53(38-46)52-18-6-10-23-57(52)61-58)45-34-30-43(31-35-45)49-15-3-7-20-54(49)60-55-21-8-4-16-50(55)51-17-5-9-22-56(51)60/h1-38H. The molecule has 12 aromatic rings. The third kappa shape index (κ3) is 5.90. The van der Waals surface area contributed by atoms with Crippen molar-refractivity contribution in [2.75, 3.05) is 4.90 Å². The Labute approximate surface area is 353 Å². The van der Waals surface area contributed by atoms with Gasteiger partial charge in [-0.1, -0.05) is 164 Å². The zero-order chi connectivity index (χ0) is 40.3. The monoisotopic (exact) mass is 778 g/mol. The molecule has 0 amide bonds. The molecular formula is C58H38N2O. The smallest absolute Gasteiger partial charge is 0.135 e. The highest BCUT2D eigenvalue weighted by molar-refractivity contribution is 6.10. The van der Waals surface area contributed by atoms with Gasteiger partial charge in [0.25, 0.3) is 0 Å². The van der Waals surface area contributed by atoms with Crippen LogP contribution in [0.3, 0.4) is 0 Å². The minimum Gasteiger partial charge on any atom is -0.456 e. The predicted octanol–water partition coefficient (Wildman–Crippen LogP) is 16.3. The van der Waals surface area contributed by atoms with Gasteiger partial charge in [-0.2, -0.15) is 0 Å². The van der Waals surface area contributed by atoms with Gasteiger partial charge in [0, 0.05) is 44.2 Å². The van der Waals surface area contributed by atoms with Gasteiger partial charge in [-0.15, -0.1) is 0 Å². The Hall–Kier alpha value is -8.14. The van der Waals surface area contributed by atoms with Crippen LogP contribution in [0.2, 0.25) is 0 Å². The van der Waals surface area contributed by atoms with Gasteiger partial charge in [-0.3, -0.25) is 0 Å². The van der Waals surface area contributed by atoms with E-state index in [0.717, 1.165) is 50.3 Å². The van der Waals surface area contributed by atoms with Crippen molar-refractivity contribution >= 4 is 71.6 Å². The van der Waals surface area contributed by atoms with Crippen LogP contribution in [-0.4, -0.2) is 4.57 Å². The molecular weight excluding hydrogens is 741 g/mol. The van der Waals surface area contributed by atoms with Crippen LogP contribution >= 0.6 is 0 Å². The lowest BCUT2D eigenvalue weighted by atomic mass is 9.96. The van der Waals surface area contributed by atoms with Crippen LogP contribution < -0.4 is 4.90 Å². The molecule has 2 aromatic heterocycles. The topological polar surface area (TPSA) is 21.3 Å². The summed E-state index contributed by atoms with van der Waals surface area (Å²) >= 11 is 0. The Morgan fingerprint density at radius 3 is 1.51 bits per heavy atom. The third-order valence-corrected chi connectivity index (χ3v) is 12.2. The molecule has 0 atom stereocenters. The molecule has 2 heterocycles. The number of fused-ring (bicyclic) bond motifs is 7. The normalized spacial score (nSPS) is 11.6. The van der Waals surface area contributed by atoms with Crippen LogP contribution in [0.1, 0.15) is 0 Å². The molecule has 0 fully saturated rings. The molecule has 0 spiro atoms. The van der Waals surface area contributed by atoms with Gasteiger partial charge in [0.1, 0.15) is 11.2 Å². The number of anilines is 3. The minimum atomic E-state index is 0.879. The van der Waals surface area contributed by atoms with Gasteiger partial charge in [-0.05, 0) is 105 Å². The molecule has 0 aliphatic carbocycles. The summed E-state index contributed by atoms with van der Waals surface area (Å²) in [7, 11) is 0. The second kappa shape index (κ2) is 14.3. The Morgan fingerprint density at radius 1 is 0.311 bits per heavy atom. The van der Waals surface area contributed by atoms with Crippen LogP contribution in [0.4, 0.5) is 17.1 Å². The highest BCUT2D eigenvalue weighted by Gasteiger charge is 2.18. The number of nitrogens with zero attached hydrogens (tertiary/aromatic N) is 2. The number of hydrogen-bond donors (Lipinski definition) is 0. The summed E-state index contributed by atoms with van der Waals surface area (Å²) in [4.78, 5) is 2.34. The summed E-state index contributed by atoms with van der Waals surface area (Å²) in [6.45, 7) is 0. The Balaban J connectivity index is 0.936. The predicted molar refractivity (Wildman–Crippen MR) is 257 cm³/mol. The average molecular weight is 779 g/mol. The molecule has 286 valence electrons. The van der Waals surface area contributed by atoms with Gasteiger partial charge < -0.3 is 13.9 Å². The van der Waals surface area contributed by atoms with Crippen molar-refractivity contribution in [2.24, 2.45) is 0 Å². The second-order valence-electron chi connectivity index (χ2n) is 15.7. The van der Waals surface area contributed by atoms with Crippen molar-refractivity contribution in [3.05, 3.63) is 231 Å². The average Bonchev–Trinajstić information content (AvgIpc) is 3.88. The van der Waals surface area contributed by atoms with Crippen molar-refractivity contribution in [2.45, 2.75) is 0 Å². The van der Waals surface area contributed by atoms with Gasteiger partial charge in [-0.25, -0.2) is 0 Å². The lowest BCUT2D eigenvalue weighted by molar-refractivity contribution is 0.669.